The third kappa shape index (κ3) is 4.59. The molecule has 0 saturated carbocycles. The molecule has 34 heavy (non-hydrogen) atoms. The van der Waals surface area contributed by atoms with E-state index in [0.29, 0.717) is 39.3 Å². The number of hydrogen-bond acceptors (Lipinski definition) is 6. The minimum atomic E-state index is -3.93. The van der Waals surface area contributed by atoms with E-state index in [9.17, 15) is 18.4 Å². The van der Waals surface area contributed by atoms with Crippen molar-refractivity contribution in [2.24, 2.45) is 0 Å². The van der Waals surface area contributed by atoms with Gasteiger partial charge in [-0.3, -0.25) is 10.0 Å². The summed E-state index contributed by atoms with van der Waals surface area (Å²) in [5.41, 5.74) is 9.53. The van der Waals surface area contributed by atoms with E-state index < -0.39 is 20.7 Å². The Morgan fingerprint density at radius 2 is 1.47 bits per heavy atom. The first-order chi connectivity index (χ1) is 16.0. The Morgan fingerprint density at radius 1 is 0.941 bits per heavy atom. The Labute approximate surface area is 205 Å². The van der Waals surface area contributed by atoms with Crippen LogP contribution in [0.3, 0.4) is 0 Å². The zero-order chi connectivity index (χ0) is 25.3. The highest BCUT2D eigenvalue weighted by Crippen LogP contribution is 2.37. The molecule has 0 aromatic heterocycles. The maximum atomic E-state index is 13.7. The predicted octanol–water partition coefficient (Wildman–Crippen LogP) is 2.68. The van der Waals surface area contributed by atoms with Crippen molar-refractivity contribution in [3.63, 3.8) is 0 Å². The number of anilines is 1. The molecular formula is C25H42N4O4S. The molecule has 1 amide bonds. The van der Waals surface area contributed by atoms with Crippen LogP contribution in [0.4, 0.5) is 5.69 Å². The number of carbonyl (C=O) groups is 1. The molecule has 0 unspecified atom stereocenters. The number of piperidine rings is 1. The summed E-state index contributed by atoms with van der Waals surface area (Å²) in [7, 11) is -2.02. The van der Waals surface area contributed by atoms with Crippen LogP contribution in [-0.4, -0.2) is 79.8 Å². The van der Waals surface area contributed by atoms with Crippen LogP contribution in [0.2, 0.25) is 0 Å². The third-order valence-electron chi connectivity index (χ3n) is 8.22. The summed E-state index contributed by atoms with van der Waals surface area (Å²) in [5.74, 6) is -0.816. The van der Waals surface area contributed by atoms with Gasteiger partial charge in [0.25, 0.3) is 5.91 Å². The molecule has 192 valence electrons. The lowest BCUT2D eigenvalue weighted by Crippen LogP contribution is -2.63. The first-order valence-electron chi connectivity index (χ1n) is 12.5. The number of hydroxylamine groups is 1. The molecule has 0 atom stereocenters. The molecule has 2 aliphatic rings. The molecule has 0 bridgehead atoms. The Balaban J connectivity index is 1.84. The van der Waals surface area contributed by atoms with Crippen molar-refractivity contribution in [3.05, 3.63) is 27.8 Å². The van der Waals surface area contributed by atoms with Gasteiger partial charge in [0.05, 0.1) is 0 Å². The molecule has 2 saturated heterocycles. The number of unbranched alkanes of at least 4 members (excludes halogenated alkanes) is 1. The van der Waals surface area contributed by atoms with Gasteiger partial charge in [-0.2, -0.15) is 4.31 Å². The highest BCUT2D eigenvalue weighted by molar-refractivity contribution is 7.91. The molecule has 2 fully saturated rings. The molecule has 2 heterocycles. The van der Waals surface area contributed by atoms with Gasteiger partial charge in [-0.1, -0.05) is 13.3 Å². The van der Waals surface area contributed by atoms with E-state index in [4.69, 9.17) is 0 Å². The van der Waals surface area contributed by atoms with Crippen LogP contribution >= 0.6 is 0 Å². The minimum Gasteiger partial charge on any atom is -0.368 e. The summed E-state index contributed by atoms with van der Waals surface area (Å²) >= 11 is 0. The normalized spacial score (nSPS) is 19.9. The van der Waals surface area contributed by atoms with Gasteiger partial charge in [0.2, 0.25) is 10.0 Å². The lowest BCUT2D eigenvalue weighted by Gasteiger charge is -2.44. The van der Waals surface area contributed by atoms with Crippen LogP contribution < -0.4 is 10.4 Å². The maximum absolute atomic E-state index is 13.7. The van der Waals surface area contributed by atoms with Crippen molar-refractivity contribution in [1.82, 2.24) is 14.7 Å². The molecule has 1 aromatic carbocycles. The molecule has 3 rings (SSSR count). The zero-order valence-electron chi connectivity index (χ0n) is 21.7. The number of sulfonamides is 1. The quantitative estimate of drug-likeness (QED) is 0.447. The average molecular weight is 495 g/mol. The van der Waals surface area contributed by atoms with Gasteiger partial charge in [0, 0.05) is 31.9 Å². The van der Waals surface area contributed by atoms with E-state index in [0.717, 1.165) is 6.42 Å². The third-order valence-corrected chi connectivity index (χ3v) is 10.8. The van der Waals surface area contributed by atoms with E-state index in [-0.39, 0.29) is 12.8 Å². The Morgan fingerprint density at radius 3 is 1.94 bits per heavy atom. The van der Waals surface area contributed by atoms with Gasteiger partial charge in [-0.25, -0.2) is 13.9 Å². The standard InChI is InChI=1S/C25H42N4O4S/c1-7-8-9-22-18(2)20(4)23(21(5)19(22)3)28-14-16-29(17-15-28)34(32,33)25(24(30)26-31)10-12-27(6)13-11-25/h31H,7-17H2,1-6H3,(H,26,30). The first kappa shape index (κ1) is 26.9. The number of rotatable bonds is 7. The summed E-state index contributed by atoms with van der Waals surface area (Å²) < 4.78 is 27.3. The van der Waals surface area contributed by atoms with E-state index in [1.807, 2.05) is 11.9 Å². The molecule has 8 nitrogen and oxygen atoms in total. The summed E-state index contributed by atoms with van der Waals surface area (Å²) in [6, 6.07) is 0. The largest absolute Gasteiger partial charge is 0.368 e. The fourth-order valence-corrected chi connectivity index (χ4v) is 7.77. The number of nitrogens with one attached hydrogen (secondary N) is 1. The second-order valence-corrected chi connectivity index (χ2v) is 12.3. The van der Waals surface area contributed by atoms with Crippen molar-refractivity contribution in [3.8, 4) is 0 Å². The van der Waals surface area contributed by atoms with E-state index in [1.54, 1.807) is 5.48 Å². The predicted molar refractivity (Wildman–Crippen MR) is 136 cm³/mol. The van der Waals surface area contributed by atoms with Crippen LogP contribution in [0, 0.1) is 27.7 Å². The second kappa shape index (κ2) is 10.5. The van der Waals surface area contributed by atoms with Crippen LogP contribution in [-0.2, 0) is 21.2 Å². The molecule has 0 radical (unpaired) electrons. The highest BCUT2D eigenvalue weighted by atomic mass is 32.2. The van der Waals surface area contributed by atoms with E-state index >= 15 is 0 Å². The Bertz CT molecular complexity index is 979. The average Bonchev–Trinajstić information content (AvgIpc) is 2.83. The van der Waals surface area contributed by atoms with Crippen LogP contribution in [0.5, 0.6) is 0 Å². The summed E-state index contributed by atoms with van der Waals surface area (Å²) in [6.07, 6.45) is 3.78. The number of piperazine rings is 1. The first-order valence-corrected chi connectivity index (χ1v) is 13.9. The van der Waals surface area contributed by atoms with Crippen LogP contribution in [0.25, 0.3) is 0 Å². The number of hydrogen-bond donors (Lipinski definition) is 2. The number of nitrogens with zero attached hydrogens (tertiary/aromatic N) is 3. The van der Waals surface area contributed by atoms with Crippen molar-refractivity contribution in [2.75, 3.05) is 51.2 Å². The second-order valence-electron chi connectivity index (χ2n) is 10.1. The molecule has 0 spiro atoms. The van der Waals surface area contributed by atoms with Crippen molar-refractivity contribution in [2.45, 2.75) is 71.5 Å². The van der Waals surface area contributed by atoms with Gasteiger partial charge in [0.15, 0.2) is 4.75 Å². The zero-order valence-corrected chi connectivity index (χ0v) is 22.5. The summed E-state index contributed by atoms with van der Waals surface area (Å²) in [5, 5.41) is 9.36. The summed E-state index contributed by atoms with van der Waals surface area (Å²) in [6.45, 7) is 13.8. The molecule has 2 aliphatic heterocycles. The van der Waals surface area contributed by atoms with Gasteiger partial charge in [-0.15, -0.1) is 0 Å². The lowest BCUT2D eigenvalue weighted by molar-refractivity contribution is -0.133. The van der Waals surface area contributed by atoms with Crippen molar-refractivity contribution >= 4 is 21.6 Å². The van der Waals surface area contributed by atoms with Crippen molar-refractivity contribution in [1.29, 1.82) is 0 Å². The smallest absolute Gasteiger partial charge is 0.266 e. The van der Waals surface area contributed by atoms with Gasteiger partial charge >= 0.3 is 0 Å². The van der Waals surface area contributed by atoms with Gasteiger partial charge < -0.3 is 9.80 Å². The maximum Gasteiger partial charge on any atom is 0.266 e. The molecular weight excluding hydrogens is 452 g/mol. The van der Waals surface area contributed by atoms with Crippen molar-refractivity contribution < 1.29 is 18.4 Å². The lowest BCUT2D eigenvalue weighted by atomic mass is 9.88. The van der Waals surface area contributed by atoms with Gasteiger partial charge in [0.1, 0.15) is 0 Å². The van der Waals surface area contributed by atoms with E-state index in [2.05, 4.69) is 39.5 Å². The minimum absolute atomic E-state index is 0.175. The van der Waals surface area contributed by atoms with E-state index in [1.165, 1.54) is 50.7 Å². The highest BCUT2D eigenvalue weighted by Gasteiger charge is 2.54. The fraction of sp³-hybridized carbons (Fsp3) is 0.720. The van der Waals surface area contributed by atoms with Crippen LogP contribution in [0.15, 0.2) is 0 Å². The fourth-order valence-electron chi connectivity index (χ4n) is 5.66. The van der Waals surface area contributed by atoms with Gasteiger partial charge in [-0.05, 0) is 101 Å². The Hall–Kier alpha value is -1.68. The van der Waals surface area contributed by atoms with Crippen LogP contribution in [0.1, 0.15) is 60.4 Å². The molecule has 1 aromatic rings. The Kier molecular flexibility index (Phi) is 8.33. The number of benzene rings is 1. The number of likely N-dealkylation sites (tertiary alicyclic amines) is 1. The number of carbonyl (C=O) groups excluding carboxylic acids is 1. The molecule has 9 heteroatoms. The summed E-state index contributed by atoms with van der Waals surface area (Å²) in [4.78, 5) is 17.0. The SMILES string of the molecule is CCCCc1c(C)c(C)c(N2CCN(S(=O)(=O)C3(C(=O)NO)CCN(C)CC3)CC2)c(C)c1C. The number of amides is 1. The molecule has 2 N–H and O–H groups in total. The molecule has 0 aliphatic carbocycles. The topological polar surface area (TPSA) is 93.2 Å². The monoisotopic (exact) mass is 494 g/mol.